The molecule has 108 valence electrons. The molecule has 0 radical (unpaired) electrons. The second-order valence-corrected chi connectivity index (χ2v) is 5.58. The van der Waals surface area contributed by atoms with Crippen LogP contribution in [0.2, 0.25) is 0 Å². The quantitative estimate of drug-likeness (QED) is 0.853. The lowest BCUT2D eigenvalue weighted by molar-refractivity contribution is 0.395. The Hall–Kier alpha value is -1.54. The maximum atomic E-state index is 6.51. The number of benzene rings is 2. The lowest BCUT2D eigenvalue weighted by Gasteiger charge is -2.35. The van der Waals surface area contributed by atoms with E-state index >= 15 is 0 Å². The third-order valence-electron chi connectivity index (χ3n) is 4.40. The van der Waals surface area contributed by atoms with E-state index in [0.29, 0.717) is 0 Å². The van der Waals surface area contributed by atoms with Gasteiger partial charge in [-0.2, -0.15) is 0 Å². The van der Waals surface area contributed by atoms with Crippen molar-refractivity contribution in [2.75, 3.05) is 18.0 Å². The van der Waals surface area contributed by atoms with E-state index in [1.54, 1.807) is 0 Å². The van der Waals surface area contributed by atoms with Gasteiger partial charge in [-0.25, -0.2) is 0 Å². The molecule has 0 aromatic heterocycles. The highest BCUT2D eigenvalue weighted by Crippen LogP contribution is 2.28. The first-order valence-corrected chi connectivity index (χ1v) is 7.65. The number of hydrogen-bond donors (Lipinski definition) is 1. The van der Waals surface area contributed by atoms with E-state index in [-0.39, 0.29) is 5.54 Å². The first kappa shape index (κ1) is 14.9. The summed E-state index contributed by atoms with van der Waals surface area (Å²) in [5, 5.41) is 2.60. The van der Waals surface area contributed by atoms with E-state index in [0.717, 1.165) is 25.9 Å². The van der Waals surface area contributed by atoms with Crippen LogP contribution in [0.4, 0.5) is 5.69 Å². The molecule has 2 aromatic rings. The first-order chi connectivity index (χ1) is 9.63. The standard InChI is InChI=1S/C18H26N2/c1-4-18(19,5-2)14-20(6-3)17-13-9-11-15-10-7-8-12-16(15)17/h7-13H,4-6,14,19H2,1-3H3. The minimum atomic E-state index is -0.104. The van der Waals surface area contributed by atoms with Gasteiger partial charge in [0.15, 0.2) is 0 Å². The van der Waals surface area contributed by atoms with Crippen LogP contribution in [-0.2, 0) is 0 Å². The molecule has 0 heterocycles. The number of nitrogens with two attached hydrogens (primary N) is 1. The molecule has 0 saturated carbocycles. The summed E-state index contributed by atoms with van der Waals surface area (Å²) in [5.41, 5.74) is 7.70. The lowest BCUT2D eigenvalue weighted by Crippen LogP contribution is -2.49. The van der Waals surface area contributed by atoms with Crippen LogP contribution >= 0.6 is 0 Å². The maximum absolute atomic E-state index is 6.51. The van der Waals surface area contributed by atoms with E-state index in [1.807, 2.05) is 0 Å². The minimum absolute atomic E-state index is 0.104. The topological polar surface area (TPSA) is 29.3 Å². The van der Waals surface area contributed by atoms with Crippen LogP contribution in [0.5, 0.6) is 0 Å². The van der Waals surface area contributed by atoms with Gasteiger partial charge in [0.25, 0.3) is 0 Å². The average molecular weight is 270 g/mol. The zero-order valence-corrected chi connectivity index (χ0v) is 12.9. The van der Waals surface area contributed by atoms with Gasteiger partial charge in [0, 0.05) is 29.7 Å². The fourth-order valence-corrected chi connectivity index (χ4v) is 2.71. The van der Waals surface area contributed by atoms with Crippen LogP contribution in [0.3, 0.4) is 0 Å². The Morgan fingerprint density at radius 2 is 1.60 bits per heavy atom. The van der Waals surface area contributed by atoms with Gasteiger partial charge < -0.3 is 10.6 Å². The number of rotatable bonds is 6. The Bertz CT molecular complexity index is 553. The molecule has 0 aliphatic heterocycles. The second kappa shape index (κ2) is 6.27. The molecule has 2 aromatic carbocycles. The van der Waals surface area contributed by atoms with Gasteiger partial charge >= 0.3 is 0 Å². The number of anilines is 1. The zero-order chi connectivity index (χ0) is 14.6. The zero-order valence-electron chi connectivity index (χ0n) is 12.9. The third-order valence-corrected chi connectivity index (χ3v) is 4.40. The number of fused-ring (bicyclic) bond motifs is 1. The SMILES string of the molecule is CCN(CC(N)(CC)CC)c1cccc2ccccc12. The highest BCUT2D eigenvalue weighted by atomic mass is 15.1. The van der Waals surface area contributed by atoms with E-state index < -0.39 is 0 Å². The monoisotopic (exact) mass is 270 g/mol. The molecule has 2 rings (SSSR count). The minimum Gasteiger partial charge on any atom is -0.369 e. The van der Waals surface area contributed by atoms with E-state index in [4.69, 9.17) is 5.73 Å². The number of nitrogens with zero attached hydrogens (tertiary/aromatic N) is 1. The molecule has 0 aliphatic rings. The Morgan fingerprint density at radius 3 is 2.25 bits per heavy atom. The van der Waals surface area contributed by atoms with Crippen LogP contribution in [-0.4, -0.2) is 18.6 Å². The van der Waals surface area contributed by atoms with Gasteiger partial charge in [0.2, 0.25) is 0 Å². The average Bonchev–Trinajstić information content (AvgIpc) is 2.52. The molecule has 0 aliphatic carbocycles. The predicted octanol–water partition coefficient (Wildman–Crippen LogP) is 4.18. The van der Waals surface area contributed by atoms with Crippen LogP contribution in [0.25, 0.3) is 10.8 Å². The van der Waals surface area contributed by atoms with Gasteiger partial charge in [-0.15, -0.1) is 0 Å². The summed E-state index contributed by atoms with van der Waals surface area (Å²) in [4.78, 5) is 2.41. The van der Waals surface area contributed by atoms with Crippen LogP contribution in [0.15, 0.2) is 42.5 Å². The van der Waals surface area contributed by atoms with Gasteiger partial charge in [0.05, 0.1) is 0 Å². The molecule has 0 bridgehead atoms. The molecule has 2 heteroatoms. The van der Waals surface area contributed by atoms with Crippen molar-refractivity contribution in [2.45, 2.75) is 39.2 Å². The van der Waals surface area contributed by atoms with Crippen molar-refractivity contribution in [1.82, 2.24) is 0 Å². The van der Waals surface area contributed by atoms with E-state index in [2.05, 4.69) is 68.1 Å². The van der Waals surface area contributed by atoms with Crippen molar-refractivity contribution in [3.8, 4) is 0 Å². The molecule has 0 atom stereocenters. The van der Waals surface area contributed by atoms with Gasteiger partial charge in [0.1, 0.15) is 0 Å². The first-order valence-electron chi connectivity index (χ1n) is 7.65. The van der Waals surface area contributed by atoms with E-state index in [9.17, 15) is 0 Å². The summed E-state index contributed by atoms with van der Waals surface area (Å²) < 4.78 is 0. The summed E-state index contributed by atoms with van der Waals surface area (Å²) in [6.45, 7) is 8.45. The molecule has 0 saturated heterocycles. The van der Waals surface area contributed by atoms with Gasteiger partial charge in [-0.3, -0.25) is 0 Å². The van der Waals surface area contributed by atoms with Crippen LogP contribution < -0.4 is 10.6 Å². The highest BCUT2D eigenvalue weighted by Gasteiger charge is 2.24. The summed E-state index contributed by atoms with van der Waals surface area (Å²) in [7, 11) is 0. The molecule has 0 amide bonds. The lowest BCUT2D eigenvalue weighted by atomic mass is 9.93. The number of hydrogen-bond acceptors (Lipinski definition) is 2. The Labute approximate surface area is 122 Å². The van der Waals surface area contributed by atoms with Crippen molar-refractivity contribution in [2.24, 2.45) is 5.73 Å². The largest absolute Gasteiger partial charge is 0.369 e. The normalized spacial score (nSPS) is 11.8. The highest BCUT2D eigenvalue weighted by molar-refractivity contribution is 5.94. The predicted molar refractivity (Wildman–Crippen MR) is 89.3 cm³/mol. The fourth-order valence-electron chi connectivity index (χ4n) is 2.71. The molecule has 0 fully saturated rings. The third kappa shape index (κ3) is 2.96. The second-order valence-electron chi connectivity index (χ2n) is 5.58. The Morgan fingerprint density at radius 1 is 0.950 bits per heavy atom. The molecule has 0 unspecified atom stereocenters. The Balaban J connectivity index is 2.39. The van der Waals surface area contributed by atoms with E-state index in [1.165, 1.54) is 16.5 Å². The van der Waals surface area contributed by atoms with Gasteiger partial charge in [-0.05, 0) is 31.2 Å². The van der Waals surface area contributed by atoms with Crippen molar-refractivity contribution in [3.05, 3.63) is 42.5 Å². The molecule has 2 nitrogen and oxygen atoms in total. The maximum Gasteiger partial charge on any atom is 0.0446 e. The molecule has 2 N–H and O–H groups in total. The summed E-state index contributed by atoms with van der Waals surface area (Å²) in [6.07, 6.45) is 2.01. The van der Waals surface area contributed by atoms with Crippen molar-refractivity contribution >= 4 is 16.5 Å². The van der Waals surface area contributed by atoms with Gasteiger partial charge in [-0.1, -0.05) is 50.2 Å². The summed E-state index contributed by atoms with van der Waals surface area (Å²) in [5.74, 6) is 0. The molecular formula is C18H26N2. The van der Waals surface area contributed by atoms with Crippen molar-refractivity contribution in [1.29, 1.82) is 0 Å². The molecular weight excluding hydrogens is 244 g/mol. The molecule has 0 spiro atoms. The Kier molecular flexibility index (Phi) is 4.66. The van der Waals surface area contributed by atoms with Crippen molar-refractivity contribution in [3.63, 3.8) is 0 Å². The number of likely N-dealkylation sites (N-methyl/N-ethyl adjacent to an activating group) is 1. The fraction of sp³-hybridized carbons (Fsp3) is 0.444. The molecule has 20 heavy (non-hydrogen) atoms. The van der Waals surface area contributed by atoms with Crippen LogP contribution in [0, 0.1) is 0 Å². The van der Waals surface area contributed by atoms with Crippen LogP contribution in [0.1, 0.15) is 33.6 Å². The summed E-state index contributed by atoms with van der Waals surface area (Å²) >= 11 is 0. The smallest absolute Gasteiger partial charge is 0.0446 e. The van der Waals surface area contributed by atoms with Crippen molar-refractivity contribution < 1.29 is 0 Å². The summed E-state index contributed by atoms with van der Waals surface area (Å²) in [6, 6.07) is 15.1.